The molecule has 0 spiro atoms. The highest BCUT2D eigenvalue weighted by atomic mass is 19.2. The number of rotatable bonds is 2. The fourth-order valence-corrected chi connectivity index (χ4v) is 3.20. The first-order valence-corrected chi connectivity index (χ1v) is 7.66. The minimum absolute atomic E-state index is 0.0349. The molecule has 0 radical (unpaired) electrons. The van der Waals surface area contributed by atoms with Crippen molar-refractivity contribution in [3.05, 3.63) is 33.7 Å². The number of carbonyl (C=O) groups is 2. The van der Waals surface area contributed by atoms with Crippen LogP contribution in [0.15, 0.2) is 10.9 Å². The average molecular weight is 337 g/mol. The van der Waals surface area contributed by atoms with Crippen LogP contribution in [0, 0.1) is 11.6 Å². The van der Waals surface area contributed by atoms with E-state index in [0.29, 0.717) is 5.56 Å². The van der Waals surface area contributed by atoms with Crippen molar-refractivity contribution < 1.29 is 18.4 Å². The number of hydrogen-bond acceptors (Lipinski definition) is 3. The number of hydrogen-bond donors (Lipinski definition) is 1. The van der Waals surface area contributed by atoms with Gasteiger partial charge in [0.1, 0.15) is 11.6 Å². The molecule has 1 aromatic carbocycles. The smallest absolute Gasteiger partial charge is 0.295 e. The topological polar surface area (TPSA) is 73.1 Å². The maximum absolute atomic E-state index is 14.5. The van der Waals surface area contributed by atoms with Gasteiger partial charge in [-0.15, -0.1) is 0 Å². The van der Waals surface area contributed by atoms with Gasteiger partial charge in [-0.05, 0) is 24.0 Å². The number of fused-ring (bicyclic) bond motifs is 1. The molecule has 128 valence electrons. The number of carbonyl (C=O) groups excluding carboxylic acids is 2. The van der Waals surface area contributed by atoms with Gasteiger partial charge < -0.3 is 0 Å². The first-order valence-electron chi connectivity index (χ1n) is 7.66. The number of imide groups is 1. The molecule has 24 heavy (non-hydrogen) atoms. The molecule has 0 aliphatic carbocycles. The van der Waals surface area contributed by atoms with Gasteiger partial charge in [-0.2, -0.15) is 0 Å². The molecule has 1 aromatic heterocycles. The predicted molar refractivity (Wildman–Crippen MR) is 82.6 cm³/mol. The second kappa shape index (κ2) is 5.54. The number of imidazole rings is 1. The lowest BCUT2D eigenvalue weighted by atomic mass is 10.0. The van der Waals surface area contributed by atoms with Gasteiger partial charge in [-0.3, -0.25) is 24.0 Å². The van der Waals surface area contributed by atoms with Gasteiger partial charge in [-0.1, -0.05) is 13.8 Å². The van der Waals surface area contributed by atoms with Crippen molar-refractivity contribution in [3.63, 3.8) is 0 Å². The summed E-state index contributed by atoms with van der Waals surface area (Å²) >= 11 is 0. The molecular weight excluding hydrogens is 320 g/mol. The third kappa shape index (κ3) is 2.24. The molecule has 0 bridgehead atoms. The molecule has 6 nitrogen and oxygen atoms in total. The number of halogens is 2. The standard InChI is InChI=1S/C16H17F2N3O3/c1-7(2)8-6-9(17)12(18)14-13(8)20(3)16(24)21(14)10-4-5-11(22)19-15(10)23/h6-7,10H,4-5H2,1-3H3,(H,19,22,23). The first kappa shape index (κ1) is 16.4. The summed E-state index contributed by atoms with van der Waals surface area (Å²) < 4.78 is 30.7. The fraction of sp³-hybridized carbons (Fsp3) is 0.438. The minimum Gasteiger partial charge on any atom is -0.295 e. The Hall–Kier alpha value is -2.51. The molecule has 1 N–H and O–H groups in total. The number of benzene rings is 1. The molecule has 2 heterocycles. The molecule has 0 saturated carbocycles. The maximum Gasteiger partial charge on any atom is 0.329 e. The van der Waals surface area contributed by atoms with Gasteiger partial charge in [0.25, 0.3) is 0 Å². The number of piperidine rings is 1. The third-order valence-electron chi connectivity index (χ3n) is 4.41. The summed E-state index contributed by atoms with van der Waals surface area (Å²) in [7, 11) is 1.45. The van der Waals surface area contributed by atoms with Gasteiger partial charge in [0.2, 0.25) is 11.8 Å². The number of aromatic nitrogens is 2. The van der Waals surface area contributed by atoms with E-state index in [0.717, 1.165) is 10.6 Å². The molecule has 8 heteroatoms. The van der Waals surface area contributed by atoms with Gasteiger partial charge in [-0.25, -0.2) is 13.6 Å². The van der Waals surface area contributed by atoms with Crippen LogP contribution in [-0.4, -0.2) is 20.9 Å². The van der Waals surface area contributed by atoms with Crippen LogP contribution in [0.2, 0.25) is 0 Å². The SMILES string of the molecule is CC(C)c1cc(F)c(F)c2c1n(C)c(=O)n2C1CCC(=O)NC1=O. The van der Waals surface area contributed by atoms with E-state index in [9.17, 15) is 23.2 Å². The van der Waals surface area contributed by atoms with Crippen LogP contribution in [0.25, 0.3) is 11.0 Å². The normalized spacial score (nSPS) is 18.5. The van der Waals surface area contributed by atoms with Crippen molar-refractivity contribution in [2.75, 3.05) is 0 Å². The van der Waals surface area contributed by atoms with Crippen LogP contribution < -0.4 is 11.0 Å². The Morgan fingerprint density at radius 3 is 2.46 bits per heavy atom. The second-order valence-corrected chi connectivity index (χ2v) is 6.29. The summed E-state index contributed by atoms with van der Waals surface area (Å²) in [5.74, 6) is -3.52. The van der Waals surface area contributed by atoms with Crippen molar-refractivity contribution in [2.24, 2.45) is 7.05 Å². The Morgan fingerprint density at radius 1 is 1.21 bits per heavy atom. The molecule has 1 fully saturated rings. The van der Waals surface area contributed by atoms with Crippen LogP contribution in [0.5, 0.6) is 0 Å². The quantitative estimate of drug-likeness (QED) is 0.848. The van der Waals surface area contributed by atoms with Crippen LogP contribution in [0.3, 0.4) is 0 Å². The molecule has 1 unspecified atom stereocenters. The zero-order chi connectivity index (χ0) is 17.8. The van der Waals surface area contributed by atoms with Gasteiger partial charge in [0.05, 0.1) is 5.52 Å². The first-order chi connectivity index (χ1) is 11.2. The molecule has 2 amide bonds. The molecule has 1 saturated heterocycles. The molecule has 1 atom stereocenters. The van der Waals surface area contributed by atoms with Crippen molar-refractivity contribution in [1.82, 2.24) is 14.5 Å². The van der Waals surface area contributed by atoms with Crippen LogP contribution in [-0.2, 0) is 16.6 Å². The van der Waals surface area contributed by atoms with E-state index in [-0.39, 0.29) is 29.8 Å². The zero-order valence-corrected chi connectivity index (χ0v) is 13.5. The van der Waals surface area contributed by atoms with E-state index in [1.807, 2.05) is 0 Å². The highest BCUT2D eigenvalue weighted by molar-refractivity contribution is 6.00. The summed E-state index contributed by atoms with van der Waals surface area (Å²) in [6, 6.07) is 0.0338. The Morgan fingerprint density at radius 2 is 1.88 bits per heavy atom. The minimum atomic E-state index is -1.17. The summed E-state index contributed by atoms with van der Waals surface area (Å²) in [5, 5.41) is 2.14. The third-order valence-corrected chi connectivity index (χ3v) is 4.41. The summed E-state index contributed by atoms with van der Waals surface area (Å²) in [6.45, 7) is 3.61. The van der Waals surface area contributed by atoms with E-state index in [1.54, 1.807) is 13.8 Å². The van der Waals surface area contributed by atoms with Crippen molar-refractivity contribution in [2.45, 2.75) is 38.6 Å². The summed E-state index contributed by atoms with van der Waals surface area (Å²) in [4.78, 5) is 36.0. The van der Waals surface area contributed by atoms with Crippen LogP contribution >= 0.6 is 0 Å². The highest BCUT2D eigenvalue weighted by Crippen LogP contribution is 2.31. The monoisotopic (exact) mass is 337 g/mol. The number of aryl methyl sites for hydroxylation is 1. The lowest BCUT2D eigenvalue weighted by Crippen LogP contribution is -2.44. The number of amides is 2. The van der Waals surface area contributed by atoms with E-state index in [1.165, 1.54) is 11.6 Å². The Kier molecular flexibility index (Phi) is 3.77. The largest absolute Gasteiger partial charge is 0.329 e. The lowest BCUT2D eigenvalue weighted by molar-refractivity contribution is -0.135. The predicted octanol–water partition coefficient (Wildman–Crippen LogP) is 1.72. The Labute approximate surface area is 136 Å². The fourth-order valence-electron chi connectivity index (χ4n) is 3.20. The van der Waals surface area contributed by atoms with Crippen LogP contribution in [0.4, 0.5) is 8.78 Å². The zero-order valence-electron chi connectivity index (χ0n) is 13.5. The Balaban J connectivity index is 2.38. The maximum atomic E-state index is 14.5. The molecule has 2 aromatic rings. The van der Waals surface area contributed by atoms with E-state index in [2.05, 4.69) is 5.32 Å². The van der Waals surface area contributed by atoms with E-state index < -0.39 is 35.2 Å². The van der Waals surface area contributed by atoms with Gasteiger partial charge in [0, 0.05) is 13.5 Å². The average Bonchev–Trinajstić information content (AvgIpc) is 2.76. The highest BCUT2D eigenvalue weighted by Gasteiger charge is 2.33. The summed E-state index contributed by atoms with van der Waals surface area (Å²) in [5.41, 5.74) is -0.111. The molecule has 1 aliphatic rings. The summed E-state index contributed by atoms with van der Waals surface area (Å²) in [6.07, 6.45) is 0.101. The van der Waals surface area contributed by atoms with Crippen molar-refractivity contribution >= 4 is 22.8 Å². The van der Waals surface area contributed by atoms with E-state index in [4.69, 9.17) is 0 Å². The van der Waals surface area contributed by atoms with Gasteiger partial charge in [0.15, 0.2) is 11.6 Å². The molecular formula is C16H17F2N3O3. The number of nitrogens with one attached hydrogen (secondary N) is 1. The second-order valence-electron chi connectivity index (χ2n) is 6.29. The molecule has 1 aliphatic heterocycles. The number of nitrogens with zero attached hydrogens (tertiary/aromatic N) is 2. The molecule has 3 rings (SSSR count). The van der Waals surface area contributed by atoms with Crippen molar-refractivity contribution in [1.29, 1.82) is 0 Å². The Bertz CT molecular complexity index is 927. The van der Waals surface area contributed by atoms with Gasteiger partial charge >= 0.3 is 5.69 Å². The lowest BCUT2D eigenvalue weighted by Gasteiger charge is -2.22. The van der Waals surface area contributed by atoms with Crippen LogP contribution in [0.1, 0.15) is 44.2 Å². The van der Waals surface area contributed by atoms with Crippen molar-refractivity contribution in [3.8, 4) is 0 Å². The van der Waals surface area contributed by atoms with E-state index >= 15 is 0 Å².